The molecule has 7 heteroatoms. The topological polar surface area (TPSA) is 74.8 Å². The monoisotopic (exact) mass is 343 g/mol. The number of rotatable bonds is 5. The number of nitriles is 1. The van der Waals surface area contributed by atoms with Crippen LogP contribution in [0.3, 0.4) is 0 Å². The lowest BCUT2D eigenvalue weighted by molar-refractivity contribution is 0.0773. The second-order valence-electron chi connectivity index (χ2n) is 6.15. The van der Waals surface area contributed by atoms with Crippen LogP contribution in [0.25, 0.3) is 5.69 Å². The van der Waals surface area contributed by atoms with Crippen molar-refractivity contribution >= 4 is 17.5 Å². The molecule has 1 aliphatic carbocycles. The Morgan fingerprint density at radius 3 is 2.83 bits per heavy atom. The van der Waals surface area contributed by atoms with E-state index in [1.54, 1.807) is 24.7 Å². The van der Waals surface area contributed by atoms with Crippen LogP contribution in [0, 0.1) is 17.2 Å². The summed E-state index contributed by atoms with van der Waals surface area (Å²) >= 11 is 6.27. The van der Waals surface area contributed by atoms with Crippen LogP contribution in [-0.2, 0) is 0 Å². The Morgan fingerprint density at radius 1 is 1.50 bits per heavy atom. The molecular weight excluding hydrogens is 326 g/mol. The fourth-order valence-corrected chi connectivity index (χ4v) is 2.74. The summed E-state index contributed by atoms with van der Waals surface area (Å²) in [6.45, 7) is 2.11. The van der Waals surface area contributed by atoms with Crippen molar-refractivity contribution in [1.29, 1.82) is 5.26 Å². The Hall–Kier alpha value is -2.39. The molecule has 6 nitrogen and oxygen atoms in total. The van der Waals surface area contributed by atoms with Crippen LogP contribution in [-0.4, -0.2) is 39.2 Å². The fourth-order valence-electron chi connectivity index (χ4n) is 2.53. The lowest BCUT2D eigenvalue weighted by Gasteiger charge is -2.16. The van der Waals surface area contributed by atoms with E-state index in [-0.39, 0.29) is 17.6 Å². The summed E-state index contributed by atoms with van der Waals surface area (Å²) < 4.78 is 1.68. The molecule has 0 aliphatic heterocycles. The van der Waals surface area contributed by atoms with Gasteiger partial charge >= 0.3 is 0 Å². The molecule has 1 amide bonds. The number of benzene rings is 1. The van der Waals surface area contributed by atoms with Gasteiger partial charge in [0.1, 0.15) is 5.82 Å². The largest absolute Gasteiger partial charge is 0.338 e. The molecule has 1 aromatic heterocycles. The summed E-state index contributed by atoms with van der Waals surface area (Å²) in [6.07, 6.45) is 2.08. The number of aromatic nitrogens is 3. The van der Waals surface area contributed by atoms with E-state index in [2.05, 4.69) is 16.2 Å². The van der Waals surface area contributed by atoms with Gasteiger partial charge in [0, 0.05) is 19.5 Å². The lowest BCUT2D eigenvalue weighted by atomic mass is 10.2. The first kappa shape index (κ1) is 16.5. The standard InChI is InChI=1S/C17H18ClN5O/c1-11(9-19)10-22(2)17(24)15-20-16(12-7-8-12)23(21-15)14-6-4-3-5-13(14)18/h3-6,11-12H,7-8,10H2,1-2H3/t11-/m1/s1. The van der Waals surface area contributed by atoms with E-state index in [0.717, 1.165) is 24.4 Å². The number of amides is 1. The fraction of sp³-hybridized carbons (Fsp3) is 0.412. The van der Waals surface area contributed by atoms with Gasteiger partial charge < -0.3 is 4.90 Å². The molecule has 24 heavy (non-hydrogen) atoms. The van der Waals surface area contributed by atoms with Crippen LogP contribution in [0.15, 0.2) is 24.3 Å². The van der Waals surface area contributed by atoms with E-state index in [1.807, 2.05) is 18.2 Å². The van der Waals surface area contributed by atoms with Gasteiger partial charge in [-0.15, -0.1) is 5.10 Å². The second-order valence-corrected chi connectivity index (χ2v) is 6.55. The van der Waals surface area contributed by atoms with Crippen LogP contribution in [0.1, 0.15) is 42.1 Å². The number of halogens is 1. The molecule has 1 heterocycles. The number of para-hydroxylation sites is 1. The van der Waals surface area contributed by atoms with Gasteiger partial charge in [0.05, 0.1) is 22.7 Å². The van der Waals surface area contributed by atoms with Gasteiger partial charge in [0.15, 0.2) is 0 Å². The van der Waals surface area contributed by atoms with Crippen LogP contribution < -0.4 is 0 Å². The Kier molecular flexibility index (Phi) is 4.54. The first-order chi connectivity index (χ1) is 11.5. The summed E-state index contributed by atoms with van der Waals surface area (Å²) in [5.74, 6) is 0.702. The van der Waals surface area contributed by atoms with Crippen molar-refractivity contribution in [2.45, 2.75) is 25.7 Å². The first-order valence-corrected chi connectivity index (χ1v) is 8.26. The molecule has 1 fully saturated rings. The van der Waals surface area contributed by atoms with Crippen molar-refractivity contribution in [2.24, 2.45) is 5.92 Å². The van der Waals surface area contributed by atoms with Gasteiger partial charge in [-0.1, -0.05) is 23.7 Å². The predicted octanol–water partition coefficient (Wildman–Crippen LogP) is 3.03. The van der Waals surface area contributed by atoms with Crippen molar-refractivity contribution in [3.05, 3.63) is 40.9 Å². The summed E-state index contributed by atoms with van der Waals surface area (Å²) in [4.78, 5) is 18.5. The zero-order chi connectivity index (χ0) is 17.3. The minimum atomic E-state index is -0.287. The van der Waals surface area contributed by atoms with E-state index in [0.29, 0.717) is 17.5 Å². The van der Waals surface area contributed by atoms with E-state index in [9.17, 15) is 4.79 Å². The SMILES string of the molecule is C[C@H](C#N)CN(C)C(=O)c1nc(C2CC2)n(-c2ccccc2Cl)n1. The van der Waals surface area contributed by atoms with Crippen molar-refractivity contribution in [1.82, 2.24) is 19.7 Å². The molecule has 1 saturated carbocycles. The Balaban J connectivity index is 1.94. The predicted molar refractivity (Wildman–Crippen MR) is 90.1 cm³/mol. The maximum atomic E-state index is 12.6. The highest BCUT2D eigenvalue weighted by molar-refractivity contribution is 6.32. The van der Waals surface area contributed by atoms with Gasteiger partial charge in [-0.25, -0.2) is 9.67 Å². The molecular formula is C17H18ClN5O. The maximum absolute atomic E-state index is 12.6. The van der Waals surface area contributed by atoms with E-state index >= 15 is 0 Å². The third-order valence-corrected chi connectivity index (χ3v) is 4.28. The quantitative estimate of drug-likeness (QED) is 0.836. The van der Waals surface area contributed by atoms with Crippen LogP contribution >= 0.6 is 11.6 Å². The zero-order valence-corrected chi connectivity index (χ0v) is 14.4. The molecule has 1 aliphatic rings. The number of carbonyl (C=O) groups is 1. The molecule has 0 bridgehead atoms. The van der Waals surface area contributed by atoms with E-state index in [4.69, 9.17) is 16.9 Å². The number of nitrogens with zero attached hydrogens (tertiary/aromatic N) is 5. The van der Waals surface area contributed by atoms with Crippen molar-refractivity contribution < 1.29 is 4.79 Å². The average molecular weight is 344 g/mol. The second kappa shape index (κ2) is 6.62. The smallest absolute Gasteiger partial charge is 0.293 e. The third-order valence-electron chi connectivity index (χ3n) is 3.96. The molecule has 124 valence electrons. The van der Waals surface area contributed by atoms with E-state index in [1.165, 1.54) is 4.90 Å². The molecule has 0 radical (unpaired) electrons. The van der Waals surface area contributed by atoms with Crippen LogP contribution in [0.5, 0.6) is 0 Å². The van der Waals surface area contributed by atoms with Gasteiger partial charge in [-0.3, -0.25) is 4.79 Å². The first-order valence-electron chi connectivity index (χ1n) is 7.88. The Bertz CT molecular complexity index is 806. The van der Waals surface area contributed by atoms with Crippen LogP contribution in [0.4, 0.5) is 0 Å². The Labute approximate surface area is 145 Å². The maximum Gasteiger partial charge on any atom is 0.293 e. The summed E-state index contributed by atoms with van der Waals surface area (Å²) in [7, 11) is 1.66. The van der Waals surface area contributed by atoms with Crippen molar-refractivity contribution in [2.75, 3.05) is 13.6 Å². The lowest BCUT2D eigenvalue weighted by Crippen LogP contribution is -2.31. The van der Waals surface area contributed by atoms with Gasteiger partial charge in [-0.05, 0) is 31.9 Å². The molecule has 0 unspecified atom stereocenters. The van der Waals surface area contributed by atoms with Crippen molar-refractivity contribution in [3.8, 4) is 11.8 Å². The van der Waals surface area contributed by atoms with Gasteiger partial charge in [0.2, 0.25) is 5.82 Å². The third kappa shape index (κ3) is 3.26. The van der Waals surface area contributed by atoms with E-state index < -0.39 is 0 Å². The van der Waals surface area contributed by atoms with Gasteiger partial charge in [0.25, 0.3) is 5.91 Å². The molecule has 1 atom stereocenters. The normalized spacial score (nSPS) is 14.9. The summed E-state index contributed by atoms with van der Waals surface area (Å²) in [5, 5.41) is 13.9. The summed E-state index contributed by atoms with van der Waals surface area (Å²) in [6, 6.07) is 9.50. The van der Waals surface area contributed by atoms with Crippen molar-refractivity contribution in [3.63, 3.8) is 0 Å². The highest BCUT2D eigenvalue weighted by Crippen LogP contribution is 2.40. The number of hydrogen-bond donors (Lipinski definition) is 0. The molecule has 0 N–H and O–H groups in total. The number of hydrogen-bond acceptors (Lipinski definition) is 4. The van der Waals surface area contributed by atoms with Gasteiger partial charge in [-0.2, -0.15) is 5.26 Å². The molecule has 1 aromatic carbocycles. The highest BCUT2D eigenvalue weighted by Gasteiger charge is 2.32. The Morgan fingerprint density at radius 2 is 2.21 bits per heavy atom. The number of carbonyl (C=O) groups excluding carboxylic acids is 1. The molecule has 3 rings (SSSR count). The highest BCUT2D eigenvalue weighted by atomic mass is 35.5. The molecule has 0 spiro atoms. The zero-order valence-electron chi connectivity index (χ0n) is 13.6. The summed E-state index contributed by atoms with van der Waals surface area (Å²) in [5.41, 5.74) is 0.723. The average Bonchev–Trinajstić information content (AvgIpc) is 3.33. The minimum absolute atomic E-state index is 0.143. The molecule has 0 saturated heterocycles. The van der Waals surface area contributed by atoms with Crippen LogP contribution in [0.2, 0.25) is 5.02 Å². The molecule has 2 aromatic rings. The minimum Gasteiger partial charge on any atom is -0.338 e.